The smallest absolute Gasteiger partial charge is 0.261 e. The van der Waals surface area contributed by atoms with Crippen LogP contribution < -0.4 is 10.6 Å². The maximum atomic E-state index is 12.3. The fourth-order valence-corrected chi connectivity index (χ4v) is 3.22. The predicted molar refractivity (Wildman–Crippen MR) is 84.5 cm³/mol. The van der Waals surface area contributed by atoms with Crippen LogP contribution in [0.25, 0.3) is 0 Å². The van der Waals surface area contributed by atoms with Gasteiger partial charge in [-0.05, 0) is 30.8 Å². The van der Waals surface area contributed by atoms with E-state index in [1.807, 2.05) is 16.3 Å². The summed E-state index contributed by atoms with van der Waals surface area (Å²) in [6.07, 6.45) is 2.35. The van der Waals surface area contributed by atoms with Gasteiger partial charge in [0.05, 0.1) is 4.88 Å². The van der Waals surface area contributed by atoms with Crippen molar-refractivity contribution < 1.29 is 9.59 Å². The van der Waals surface area contributed by atoms with Crippen LogP contribution in [0.4, 0.5) is 0 Å². The number of carbonyl (C=O) groups excluding carboxylic acids is 2. The molecule has 1 aliphatic rings. The molecule has 1 atom stereocenters. The van der Waals surface area contributed by atoms with Gasteiger partial charge in [-0.1, -0.05) is 13.0 Å². The topological polar surface area (TPSA) is 61.4 Å². The molecule has 1 aliphatic heterocycles. The van der Waals surface area contributed by atoms with Gasteiger partial charge < -0.3 is 15.5 Å². The van der Waals surface area contributed by atoms with Crippen LogP contribution in [0, 0.1) is 0 Å². The van der Waals surface area contributed by atoms with Gasteiger partial charge in [-0.15, -0.1) is 11.3 Å². The van der Waals surface area contributed by atoms with Gasteiger partial charge in [-0.3, -0.25) is 9.59 Å². The van der Waals surface area contributed by atoms with Gasteiger partial charge in [0.15, 0.2) is 0 Å². The van der Waals surface area contributed by atoms with Crippen molar-refractivity contribution in [3.63, 3.8) is 0 Å². The fourth-order valence-electron chi connectivity index (χ4n) is 2.58. The Morgan fingerprint density at radius 2 is 2.38 bits per heavy atom. The minimum atomic E-state index is -0.0950. The van der Waals surface area contributed by atoms with E-state index in [9.17, 15) is 9.59 Å². The molecule has 2 rings (SSSR count). The van der Waals surface area contributed by atoms with Gasteiger partial charge in [0, 0.05) is 32.1 Å². The van der Waals surface area contributed by atoms with Crippen molar-refractivity contribution in [3.05, 3.63) is 22.4 Å². The lowest BCUT2D eigenvalue weighted by atomic mass is 10.2. The maximum Gasteiger partial charge on any atom is 0.261 e. The van der Waals surface area contributed by atoms with Crippen molar-refractivity contribution >= 4 is 23.2 Å². The third kappa shape index (κ3) is 4.54. The molecule has 0 aromatic carbocycles. The number of hydrogen-bond donors (Lipinski definition) is 2. The lowest BCUT2D eigenvalue weighted by molar-refractivity contribution is -0.133. The Hall–Kier alpha value is -1.40. The molecule has 5 nitrogen and oxygen atoms in total. The molecule has 1 fully saturated rings. The Morgan fingerprint density at radius 1 is 1.52 bits per heavy atom. The molecule has 1 aromatic heterocycles. The molecule has 1 saturated heterocycles. The molecule has 1 aromatic rings. The molecular formula is C15H23N3O2S. The lowest BCUT2D eigenvalue weighted by Crippen LogP contribution is -2.43. The van der Waals surface area contributed by atoms with E-state index in [4.69, 9.17) is 0 Å². The molecular weight excluding hydrogens is 286 g/mol. The van der Waals surface area contributed by atoms with Gasteiger partial charge in [-0.2, -0.15) is 0 Å². The quantitative estimate of drug-likeness (QED) is 0.802. The number of hydrogen-bond acceptors (Lipinski definition) is 4. The largest absolute Gasteiger partial charge is 0.351 e. The average Bonchev–Trinajstić information content (AvgIpc) is 3.17. The molecule has 21 heavy (non-hydrogen) atoms. The highest BCUT2D eigenvalue weighted by atomic mass is 32.1. The number of nitrogens with one attached hydrogen (secondary N) is 2. The molecule has 0 spiro atoms. The van der Waals surface area contributed by atoms with E-state index in [1.54, 1.807) is 6.07 Å². The Kier molecular flexibility index (Phi) is 6.20. The first-order valence-corrected chi connectivity index (χ1v) is 8.42. The minimum absolute atomic E-state index is 0.0950. The summed E-state index contributed by atoms with van der Waals surface area (Å²) in [5, 5.41) is 7.98. The summed E-state index contributed by atoms with van der Waals surface area (Å²) in [5.74, 6) is 0.0411. The lowest BCUT2D eigenvalue weighted by Gasteiger charge is -2.28. The highest BCUT2D eigenvalue weighted by Crippen LogP contribution is 2.11. The summed E-state index contributed by atoms with van der Waals surface area (Å²) in [5.41, 5.74) is 0. The monoisotopic (exact) mass is 309 g/mol. The van der Waals surface area contributed by atoms with Crippen LogP contribution in [0.3, 0.4) is 0 Å². The Balaban J connectivity index is 1.77. The second-order valence-corrected chi connectivity index (χ2v) is 6.16. The van der Waals surface area contributed by atoms with Crippen molar-refractivity contribution in [2.45, 2.75) is 32.2 Å². The number of nitrogens with zero attached hydrogens (tertiary/aromatic N) is 1. The minimum Gasteiger partial charge on any atom is -0.351 e. The molecule has 1 unspecified atom stereocenters. The van der Waals surface area contributed by atoms with Crippen molar-refractivity contribution in [2.75, 3.05) is 26.2 Å². The normalized spacial score (nSPS) is 17.7. The first kappa shape index (κ1) is 16.0. The summed E-state index contributed by atoms with van der Waals surface area (Å²) in [4.78, 5) is 26.8. The molecule has 2 N–H and O–H groups in total. The molecule has 0 aliphatic carbocycles. The number of amides is 2. The van der Waals surface area contributed by atoms with E-state index in [-0.39, 0.29) is 11.8 Å². The van der Waals surface area contributed by atoms with Crippen molar-refractivity contribution in [3.8, 4) is 0 Å². The molecule has 0 bridgehead atoms. The molecule has 0 saturated carbocycles. The second kappa shape index (κ2) is 8.14. The van der Waals surface area contributed by atoms with Crippen LogP contribution >= 0.6 is 11.3 Å². The Labute approximate surface area is 129 Å². The number of rotatable bonds is 7. The maximum absolute atomic E-state index is 12.3. The summed E-state index contributed by atoms with van der Waals surface area (Å²) >= 11 is 1.41. The zero-order chi connectivity index (χ0) is 15.1. The van der Waals surface area contributed by atoms with Gasteiger partial charge in [0.2, 0.25) is 5.91 Å². The van der Waals surface area contributed by atoms with E-state index < -0.39 is 0 Å². The van der Waals surface area contributed by atoms with E-state index >= 15 is 0 Å². The first-order chi connectivity index (χ1) is 10.2. The van der Waals surface area contributed by atoms with Crippen LogP contribution in [-0.4, -0.2) is 48.9 Å². The first-order valence-electron chi connectivity index (χ1n) is 7.54. The third-order valence-electron chi connectivity index (χ3n) is 3.63. The SMILES string of the molecule is CCCN(C(=O)CCNC(=O)c1cccs1)C1CCNC1. The van der Waals surface area contributed by atoms with Crippen LogP contribution in [0.2, 0.25) is 0 Å². The standard InChI is InChI=1S/C15H23N3O2S/c1-2-9-18(12-5-7-16-11-12)14(19)6-8-17-15(20)13-4-3-10-21-13/h3-4,10,12,16H,2,5-9,11H2,1H3,(H,17,20). The summed E-state index contributed by atoms with van der Waals surface area (Å²) < 4.78 is 0. The average molecular weight is 309 g/mol. The molecule has 2 amide bonds. The summed E-state index contributed by atoms with van der Waals surface area (Å²) in [7, 11) is 0. The Morgan fingerprint density at radius 3 is 3.00 bits per heavy atom. The highest BCUT2D eigenvalue weighted by Gasteiger charge is 2.25. The van der Waals surface area contributed by atoms with Crippen LogP contribution in [0.5, 0.6) is 0 Å². The Bertz CT molecular complexity index is 455. The van der Waals surface area contributed by atoms with E-state index in [1.165, 1.54) is 11.3 Å². The van der Waals surface area contributed by atoms with Crippen molar-refractivity contribution in [1.82, 2.24) is 15.5 Å². The number of thiophene rings is 1. The molecule has 6 heteroatoms. The molecule has 0 radical (unpaired) electrons. The number of carbonyl (C=O) groups is 2. The molecule has 2 heterocycles. The van der Waals surface area contributed by atoms with Gasteiger partial charge >= 0.3 is 0 Å². The summed E-state index contributed by atoms with van der Waals surface area (Å²) in [6, 6.07) is 3.95. The van der Waals surface area contributed by atoms with Crippen LogP contribution in [0.1, 0.15) is 35.9 Å². The fraction of sp³-hybridized carbons (Fsp3) is 0.600. The van der Waals surface area contributed by atoms with Gasteiger partial charge in [0.25, 0.3) is 5.91 Å². The van der Waals surface area contributed by atoms with E-state index in [2.05, 4.69) is 17.6 Å². The van der Waals surface area contributed by atoms with E-state index in [0.29, 0.717) is 23.9 Å². The second-order valence-electron chi connectivity index (χ2n) is 5.22. The van der Waals surface area contributed by atoms with Crippen LogP contribution in [-0.2, 0) is 4.79 Å². The van der Waals surface area contributed by atoms with Gasteiger partial charge in [0.1, 0.15) is 0 Å². The summed E-state index contributed by atoms with van der Waals surface area (Å²) in [6.45, 7) is 5.14. The highest BCUT2D eigenvalue weighted by molar-refractivity contribution is 7.12. The van der Waals surface area contributed by atoms with E-state index in [0.717, 1.165) is 32.5 Å². The van der Waals surface area contributed by atoms with Crippen molar-refractivity contribution in [1.29, 1.82) is 0 Å². The van der Waals surface area contributed by atoms with Crippen molar-refractivity contribution in [2.24, 2.45) is 0 Å². The zero-order valence-corrected chi connectivity index (χ0v) is 13.2. The predicted octanol–water partition coefficient (Wildman–Crippen LogP) is 1.47. The third-order valence-corrected chi connectivity index (χ3v) is 4.50. The zero-order valence-electron chi connectivity index (χ0n) is 12.4. The van der Waals surface area contributed by atoms with Crippen LogP contribution in [0.15, 0.2) is 17.5 Å². The van der Waals surface area contributed by atoms with Gasteiger partial charge in [-0.25, -0.2) is 0 Å². The molecule has 116 valence electrons.